The van der Waals surface area contributed by atoms with E-state index < -0.39 is 5.82 Å². The molecule has 1 rings (SSSR count). The van der Waals surface area contributed by atoms with Crippen LogP contribution in [0.5, 0.6) is 0 Å². The summed E-state index contributed by atoms with van der Waals surface area (Å²) >= 11 is 0. The van der Waals surface area contributed by atoms with Gasteiger partial charge in [-0.05, 0) is 37.1 Å². The van der Waals surface area contributed by atoms with E-state index in [1.165, 1.54) is 12.1 Å². The van der Waals surface area contributed by atoms with Crippen molar-refractivity contribution < 1.29 is 8.78 Å². The first kappa shape index (κ1) is 14.8. The van der Waals surface area contributed by atoms with E-state index in [-0.39, 0.29) is 5.82 Å². The van der Waals surface area contributed by atoms with Crippen LogP contribution in [0.1, 0.15) is 32.8 Å². The summed E-state index contributed by atoms with van der Waals surface area (Å²) in [6, 6.07) is 3.53. The van der Waals surface area contributed by atoms with Gasteiger partial charge in [-0.25, -0.2) is 8.78 Å². The average molecular weight is 253 g/mol. The molecule has 3 heteroatoms. The maximum absolute atomic E-state index is 13.6. The molecule has 0 amide bonds. The van der Waals surface area contributed by atoms with E-state index in [9.17, 15) is 8.78 Å². The third-order valence-electron chi connectivity index (χ3n) is 2.80. The van der Waals surface area contributed by atoms with Crippen LogP contribution in [0.25, 0.3) is 6.08 Å². The largest absolute Gasteiger partial charge is 0.313 e. The van der Waals surface area contributed by atoms with E-state index in [0.717, 1.165) is 24.6 Å². The average Bonchev–Trinajstić information content (AvgIpc) is 2.32. The molecule has 0 heterocycles. The monoisotopic (exact) mass is 253 g/mol. The molecule has 0 aliphatic carbocycles. The molecule has 0 atom stereocenters. The van der Waals surface area contributed by atoms with Crippen LogP contribution in [0.4, 0.5) is 8.78 Å². The number of hydrogen-bond acceptors (Lipinski definition) is 1. The first-order chi connectivity index (χ1) is 8.54. The summed E-state index contributed by atoms with van der Waals surface area (Å²) in [7, 11) is 0. The number of rotatable bonds is 6. The number of benzene rings is 1. The Labute approximate surface area is 108 Å². The third-order valence-corrected chi connectivity index (χ3v) is 2.80. The zero-order valence-electron chi connectivity index (χ0n) is 11.3. The van der Waals surface area contributed by atoms with Crippen LogP contribution >= 0.6 is 0 Å². The predicted molar refractivity (Wildman–Crippen MR) is 72.3 cm³/mol. The van der Waals surface area contributed by atoms with E-state index in [1.54, 1.807) is 6.08 Å². The van der Waals surface area contributed by atoms with Gasteiger partial charge < -0.3 is 5.32 Å². The first-order valence-corrected chi connectivity index (χ1v) is 6.40. The van der Waals surface area contributed by atoms with E-state index >= 15 is 0 Å². The Morgan fingerprint density at radius 1 is 1.33 bits per heavy atom. The van der Waals surface area contributed by atoms with Crippen molar-refractivity contribution in [3.8, 4) is 0 Å². The van der Waals surface area contributed by atoms with Gasteiger partial charge >= 0.3 is 0 Å². The fourth-order valence-corrected chi connectivity index (χ4v) is 1.66. The van der Waals surface area contributed by atoms with Crippen LogP contribution in [-0.2, 0) is 0 Å². The van der Waals surface area contributed by atoms with Crippen LogP contribution < -0.4 is 5.32 Å². The van der Waals surface area contributed by atoms with Crippen molar-refractivity contribution in [3.63, 3.8) is 0 Å². The van der Waals surface area contributed by atoms with E-state index in [1.807, 2.05) is 0 Å². The molecule has 18 heavy (non-hydrogen) atoms. The molecule has 0 fully saturated rings. The second-order valence-corrected chi connectivity index (χ2v) is 4.72. The molecule has 1 aromatic rings. The van der Waals surface area contributed by atoms with Gasteiger partial charge in [0.1, 0.15) is 11.6 Å². The highest BCUT2D eigenvalue weighted by Crippen LogP contribution is 2.17. The molecule has 0 saturated heterocycles. The number of halogens is 2. The predicted octanol–water partition coefficient (Wildman–Crippen LogP) is 4.00. The summed E-state index contributed by atoms with van der Waals surface area (Å²) in [4.78, 5) is 0. The summed E-state index contributed by atoms with van der Waals surface area (Å²) in [5.41, 5.74) is 1.39. The SMILES string of the molecule is CCCNCC(=Cc1cc(F)ccc1F)C(C)C. The Kier molecular flexibility index (Phi) is 5.99. The van der Waals surface area contributed by atoms with Gasteiger partial charge in [0.05, 0.1) is 0 Å². The molecule has 0 unspecified atom stereocenters. The van der Waals surface area contributed by atoms with Crippen LogP contribution in [-0.4, -0.2) is 13.1 Å². The van der Waals surface area contributed by atoms with Gasteiger partial charge in [-0.2, -0.15) is 0 Å². The minimum atomic E-state index is -0.410. The Balaban J connectivity index is 2.89. The van der Waals surface area contributed by atoms with Crippen molar-refractivity contribution in [3.05, 3.63) is 41.0 Å². The number of hydrogen-bond donors (Lipinski definition) is 1. The highest BCUT2D eigenvalue weighted by atomic mass is 19.1. The lowest BCUT2D eigenvalue weighted by Gasteiger charge is -2.13. The molecule has 100 valence electrons. The molecule has 0 radical (unpaired) electrons. The minimum Gasteiger partial charge on any atom is -0.313 e. The lowest BCUT2D eigenvalue weighted by atomic mass is 10.00. The normalized spacial score (nSPS) is 12.2. The van der Waals surface area contributed by atoms with Crippen molar-refractivity contribution in [2.45, 2.75) is 27.2 Å². The van der Waals surface area contributed by atoms with Crippen molar-refractivity contribution in [1.82, 2.24) is 5.32 Å². The summed E-state index contributed by atoms with van der Waals surface area (Å²) in [5, 5.41) is 3.29. The van der Waals surface area contributed by atoms with Gasteiger partial charge in [-0.3, -0.25) is 0 Å². The summed E-state index contributed by atoms with van der Waals surface area (Å²) in [6.45, 7) is 7.84. The second-order valence-electron chi connectivity index (χ2n) is 4.72. The van der Waals surface area contributed by atoms with Crippen molar-refractivity contribution in [2.24, 2.45) is 5.92 Å². The highest BCUT2D eigenvalue weighted by molar-refractivity contribution is 5.54. The fraction of sp³-hybridized carbons (Fsp3) is 0.467. The van der Waals surface area contributed by atoms with Gasteiger partial charge in [0.15, 0.2) is 0 Å². The van der Waals surface area contributed by atoms with Crippen LogP contribution in [0.15, 0.2) is 23.8 Å². The summed E-state index contributed by atoms with van der Waals surface area (Å²) in [5.74, 6) is -0.491. The molecule has 1 aromatic carbocycles. The van der Waals surface area contributed by atoms with Crippen LogP contribution in [0.3, 0.4) is 0 Å². The third kappa shape index (κ3) is 4.57. The highest BCUT2D eigenvalue weighted by Gasteiger charge is 2.06. The molecular formula is C15H21F2N. The van der Waals surface area contributed by atoms with E-state index in [4.69, 9.17) is 0 Å². The quantitative estimate of drug-likeness (QED) is 0.755. The first-order valence-electron chi connectivity index (χ1n) is 6.40. The molecule has 1 N–H and O–H groups in total. The second kappa shape index (κ2) is 7.27. The minimum absolute atomic E-state index is 0.303. The van der Waals surface area contributed by atoms with Crippen molar-refractivity contribution in [1.29, 1.82) is 0 Å². The summed E-state index contributed by atoms with van der Waals surface area (Å²) in [6.07, 6.45) is 2.80. The molecule has 1 nitrogen and oxygen atoms in total. The molecule has 0 saturated carbocycles. The Morgan fingerprint density at radius 3 is 2.67 bits per heavy atom. The molecule has 0 bridgehead atoms. The lowest BCUT2D eigenvalue weighted by molar-refractivity contribution is 0.597. The zero-order chi connectivity index (χ0) is 13.5. The van der Waals surface area contributed by atoms with Gasteiger partial charge in [0.25, 0.3) is 0 Å². The van der Waals surface area contributed by atoms with Gasteiger partial charge in [0.2, 0.25) is 0 Å². The molecule has 0 aliphatic heterocycles. The van der Waals surface area contributed by atoms with Gasteiger partial charge in [0, 0.05) is 12.1 Å². The van der Waals surface area contributed by atoms with Crippen molar-refractivity contribution in [2.75, 3.05) is 13.1 Å². The Bertz CT molecular complexity index is 411. The standard InChI is InChI=1S/C15H21F2N/c1-4-7-18-10-13(11(2)3)8-12-9-14(16)5-6-15(12)17/h5-6,8-9,11,18H,4,7,10H2,1-3H3. The van der Waals surface area contributed by atoms with Gasteiger partial charge in [-0.1, -0.05) is 32.4 Å². The fourth-order valence-electron chi connectivity index (χ4n) is 1.66. The summed E-state index contributed by atoms with van der Waals surface area (Å²) < 4.78 is 26.6. The molecule has 0 aromatic heterocycles. The van der Waals surface area contributed by atoms with E-state index in [0.29, 0.717) is 18.0 Å². The smallest absolute Gasteiger partial charge is 0.130 e. The number of nitrogens with one attached hydrogen (secondary N) is 1. The van der Waals surface area contributed by atoms with Gasteiger partial charge in [-0.15, -0.1) is 0 Å². The maximum Gasteiger partial charge on any atom is 0.130 e. The molecule has 0 spiro atoms. The van der Waals surface area contributed by atoms with Crippen LogP contribution in [0.2, 0.25) is 0 Å². The molecule has 0 aliphatic rings. The lowest BCUT2D eigenvalue weighted by Crippen LogP contribution is -2.20. The zero-order valence-corrected chi connectivity index (χ0v) is 11.3. The maximum atomic E-state index is 13.6. The topological polar surface area (TPSA) is 12.0 Å². The Hall–Kier alpha value is -1.22. The molecular weight excluding hydrogens is 232 g/mol. The van der Waals surface area contributed by atoms with Crippen molar-refractivity contribution >= 4 is 6.08 Å². The van der Waals surface area contributed by atoms with E-state index in [2.05, 4.69) is 26.1 Å². The van der Waals surface area contributed by atoms with Crippen LogP contribution in [0, 0.1) is 17.6 Å². The Morgan fingerprint density at radius 2 is 2.06 bits per heavy atom.